The van der Waals surface area contributed by atoms with Gasteiger partial charge in [-0.05, 0) is 6.07 Å². The van der Waals surface area contributed by atoms with Crippen molar-refractivity contribution in [3.63, 3.8) is 0 Å². The molecule has 0 bridgehead atoms. The summed E-state index contributed by atoms with van der Waals surface area (Å²) < 4.78 is 0. The van der Waals surface area contributed by atoms with Crippen LogP contribution in [0.4, 0.5) is 0 Å². The summed E-state index contributed by atoms with van der Waals surface area (Å²) in [6.45, 7) is 1.58. The molecule has 1 aromatic heterocycles. The van der Waals surface area contributed by atoms with Crippen molar-refractivity contribution in [3.05, 3.63) is 36.0 Å². The van der Waals surface area contributed by atoms with Gasteiger partial charge in [-0.3, -0.25) is 4.79 Å². The molecule has 2 heterocycles. The van der Waals surface area contributed by atoms with E-state index < -0.39 is 0 Å². The number of H-pyrrole nitrogens is 1. The van der Waals surface area contributed by atoms with Crippen molar-refractivity contribution in [1.82, 2.24) is 15.2 Å². The molecule has 0 saturated carbocycles. The fourth-order valence-electron chi connectivity index (χ4n) is 2.61. The number of amides is 1. The second-order valence-corrected chi connectivity index (χ2v) is 4.76. The Bertz CT molecular complexity index is 575. The van der Waals surface area contributed by atoms with E-state index in [9.17, 15) is 4.79 Å². The summed E-state index contributed by atoms with van der Waals surface area (Å²) in [5.41, 5.74) is 2.31. The van der Waals surface area contributed by atoms with Crippen molar-refractivity contribution in [2.24, 2.45) is 0 Å². The van der Waals surface area contributed by atoms with Gasteiger partial charge in [-0.2, -0.15) is 0 Å². The molecule has 3 rings (SSSR count). The van der Waals surface area contributed by atoms with Gasteiger partial charge in [0.1, 0.15) is 0 Å². The van der Waals surface area contributed by atoms with E-state index in [1.807, 2.05) is 30.3 Å². The van der Waals surface area contributed by atoms with Gasteiger partial charge in [0.15, 0.2) is 0 Å². The zero-order valence-electron chi connectivity index (χ0n) is 10.4. The minimum Gasteiger partial charge on any atom is -0.361 e. The van der Waals surface area contributed by atoms with Crippen molar-refractivity contribution in [2.45, 2.75) is 12.5 Å². The van der Waals surface area contributed by atoms with E-state index in [0.717, 1.165) is 18.6 Å². The van der Waals surface area contributed by atoms with Crippen LogP contribution < -0.4 is 5.32 Å². The van der Waals surface area contributed by atoms with Crippen LogP contribution in [0.2, 0.25) is 0 Å². The number of benzene rings is 1. The molecule has 1 fully saturated rings. The molecule has 1 aliphatic rings. The summed E-state index contributed by atoms with van der Waals surface area (Å²) in [6.07, 6.45) is 2.60. The SMILES string of the molecule is CN1C(=O)CCNCC1c1c[nH]c2ccccc12. The Morgan fingerprint density at radius 1 is 1.33 bits per heavy atom. The largest absolute Gasteiger partial charge is 0.361 e. The third-order valence-electron chi connectivity index (χ3n) is 3.69. The lowest BCUT2D eigenvalue weighted by Crippen LogP contribution is -2.32. The highest BCUT2D eigenvalue weighted by atomic mass is 16.2. The van der Waals surface area contributed by atoms with Crippen LogP contribution in [0.15, 0.2) is 30.5 Å². The number of nitrogens with zero attached hydrogens (tertiary/aromatic N) is 1. The second-order valence-electron chi connectivity index (χ2n) is 4.76. The summed E-state index contributed by atoms with van der Waals surface area (Å²) in [7, 11) is 1.89. The molecule has 1 aliphatic heterocycles. The highest BCUT2D eigenvalue weighted by Crippen LogP contribution is 2.28. The molecule has 1 unspecified atom stereocenters. The van der Waals surface area contributed by atoms with E-state index in [0.29, 0.717) is 6.42 Å². The van der Waals surface area contributed by atoms with E-state index >= 15 is 0 Å². The van der Waals surface area contributed by atoms with Crippen molar-refractivity contribution in [1.29, 1.82) is 0 Å². The molecule has 1 amide bonds. The smallest absolute Gasteiger partial charge is 0.224 e. The van der Waals surface area contributed by atoms with Gasteiger partial charge in [-0.25, -0.2) is 0 Å². The second kappa shape index (κ2) is 4.46. The first kappa shape index (κ1) is 11.3. The molecule has 1 atom stereocenters. The Balaban J connectivity index is 2.04. The Labute approximate surface area is 106 Å². The first-order valence-corrected chi connectivity index (χ1v) is 6.30. The molecule has 0 radical (unpaired) electrons. The van der Waals surface area contributed by atoms with Crippen LogP contribution in [0.5, 0.6) is 0 Å². The maximum Gasteiger partial charge on any atom is 0.224 e. The van der Waals surface area contributed by atoms with Crippen LogP contribution in [-0.2, 0) is 4.79 Å². The summed E-state index contributed by atoms with van der Waals surface area (Å²) in [4.78, 5) is 17.1. The third kappa shape index (κ3) is 1.78. The lowest BCUT2D eigenvalue weighted by Gasteiger charge is -2.25. The number of likely N-dealkylation sites (N-methyl/N-ethyl adjacent to an activating group) is 1. The number of rotatable bonds is 1. The Morgan fingerprint density at radius 3 is 3.06 bits per heavy atom. The van der Waals surface area contributed by atoms with Crippen molar-refractivity contribution in [2.75, 3.05) is 20.1 Å². The molecular formula is C14H17N3O. The van der Waals surface area contributed by atoms with Gasteiger partial charge < -0.3 is 15.2 Å². The average Bonchev–Trinajstić information content (AvgIpc) is 2.74. The summed E-state index contributed by atoms with van der Waals surface area (Å²) in [5, 5.41) is 4.53. The van der Waals surface area contributed by atoms with Gasteiger partial charge in [0.05, 0.1) is 6.04 Å². The number of fused-ring (bicyclic) bond motifs is 1. The minimum atomic E-state index is 0.108. The van der Waals surface area contributed by atoms with E-state index in [-0.39, 0.29) is 11.9 Å². The molecule has 4 heteroatoms. The maximum atomic E-state index is 11.9. The van der Waals surface area contributed by atoms with Crippen LogP contribution in [0, 0.1) is 0 Å². The molecule has 18 heavy (non-hydrogen) atoms. The molecule has 0 aliphatic carbocycles. The topological polar surface area (TPSA) is 48.1 Å². The zero-order valence-corrected chi connectivity index (χ0v) is 10.4. The normalized spacial score (nSPS) is 21.3. The third-order valence-corrected chi connectivity index (χ3v) is 3.69. The van der Waals surface area contributed by atoms with Crippen molar-refractivity contribution >= 4 is 16.8 Å². The molecule has 1 saturated heterocycles. The quantitative estimate of drug-likeness (QED) is 0.800. The summed E-state index contributed by atoms with van der Waals surface area (Å²) >= 11 is 0. The number of nitrogens with one attached hydrogen (secondary N) is 2. The molecule has 94 valence electrons. The summed E-state index contributed by atoms with van der Waals surface area (Å²) in [5.74, 6) is 0.204. The van der Waals surface area contributed by atoms with Crippen LogP contribution in [0.3, 0.4) is 0 Å². The monoisotopic (exact) mass is 243 g/mol. The van der Waals surface area contributed by atoms with Gasteiger partial charge in [0.25, 0.3) is 0 Å². The number of hydrogen-bond donors (Lipinski definition) is 2. The van der Waals surface area contributed by atoms with Gasteiger partial charge in [0.2, 0.25) is 5.91 Å². The number of aromatic amines is 1. The van der Waals surface area contributed by atoms with Gasteiger partial charge in [-0.15, -0.1) is 0 Å². The van der Waals surface area contributed by atoms with Gasteiger partial charge in [-0.1, -0.05) is 18.2 Å². The molecule has 1 aromatic carbocycles. The number of carbonyl (C=O) groups is 1. The van der Waals surface area contributed by atoms with E-state index in [1.165, 1.54) is 10.9 Å². The first-order valence-electron chi connectivity index (χ1n) is 6.30. The predicted octanol–water partition coefficient (Wildman–Crippen LogP) is 1.66. The molecule has 2 aromatic rings. The predicted molar refractivity (Wildman–Crippen MR) is 71.3 cm³/mol. The van der Waals surface area contributed by atoms with Crippen molar-refractivity contribution in [3.8, 4) is 0 Å². The molecule has 0 spiro atoms. The lowest BCUT2D eigenvalue weighted by atomic mass is 10.0. The van der Waals surface area contributed by atoms with Crippen LogP contribution in [0.25, 0.3) is 10.9 Å². The maximum absolute atomic E-state index is 11.9. The number of para-hydroxylation sites is 1. The first-order chi connectivity index (χ1) is 8.77. The minimum absolute atomic E-state index is 0.108. The Kier molecular flexibility index (Phi) is 2.80. The average molecular weight is 243 g/mol. The van der Waals surface area contributed by atoms with Crippen LogP contribution in [0.1, 0.15) is 18.0 Å². The highest BCUT2D eigenvalue weighted by molar-refractivity contribution is 5.85. The summed E-state index contributed by atoms with van der Waals surface area (Å²) in [6, 6.07) is 8.32. The van der Waals surface area contributed by atoms with Crippen LogP contribution in [-0.4, -0.2) is 35.9 Å². The highest BCUT2D eigenvalue weighted by Gasteiger charge is 2.25. The van der Waals surface area contributed by atoms with E-state index in [4.69, 9.17) is 0 Å². The van der Waals surface area contributed by atoms with E-state index in [2.05, 4.69) is 22.4 Å². The van der Waals surface area contributed by atoms with Crippen molar-refractivity contribution < 1.29 is 4.79 Å². The Morgan fingerprint density at radius 2 is 2.17 bits per heavy atom. The molecule has 4 nitrogen and oxygen atoms in total. The Hall–Kier alpha value is -1.81. The molecule has 2 N–H and O–H groups in total. The lowest BCUT2D eigenvalue weighted by molar-refractivity contribution is -0.131. The number of hydrogen-bond acceptors (Lipinski definition) is 2. The van der Waals surface area contributed by atoms with Gasteiger partial charge >= 0.3 is 0 Å². The fourth-order valence-corrected chi connectivity index (χ4v) is 2.61. The standard InChI is InChI=1S/C14H17N3O/c1-17-13(9-15-7-6-14(17)18)11-8-16-12-5-3-2-4-10(11)12/h2-5,8,13,15-16H,6-7,9H2,1H3. The molecular weight excluding hydrogens is 226 g/mol. The fraction of sp³-hybridized carbons (Fsp3) is 0.357. The van der Waals surface area contributed by atoms with Gasteiger partial charge in [0, 0.05) is 49.2 Å². The van der Waals surface area contributed by atoms with E-state index in [1.54, 1.807) is 0 Å². The van der Waals surface area contributed by atoms with Crippen LogP contribution >= 0.6 is 0 Å². The zero-order chi connectivity index (χ0) is 12.5. The number of aromatic nitrogens is 1. The number of carbonyl (C=O) groups excluding carboxylic acids is 1.